The van der Waals surface area contributed by atoms with Gasteiger partial charge in [0.25, 0.3) is 0 Å². The van der Waals surface area contributed by atoms with Gasteiger partial charge in [-0.15, -0.1) is 0 Å². The highest BCUT2D eigenvalue weighted by Gasteiger charge is 2.27. The number of hydrogen-bond donors (Lipinski definition) is 2. The van der Waals surface area contributed by atoms with Crippen molar-refractivity contribution >= 4 is 23.0 Å². The number of aliphatic hydroxyl groups excluding tert-OH is 1. The van der Waals surface area contributed by atoms with E-state index in [0.717, 1.165) is 47.4 Å². The highest BCUT2D eigenvalue weighted by Crippen LogP contribution is 2.39. The summed E-state index contributed by atoms with van der Waals surface area (Å²) in [6, 6.07) is 8.43. The quantitative estimate of drug-likeness (QED) is 0.425. The van der Waals surface area contributed by atoms with Crippen LogP contribution in [0, 0.1) is 24.1 Å². The van der Waals surface area contributed by atoms with Crippen LogP contribution in [-0.2, 0) is 0 Å². The first-order valence-corrected chi connectivity index (χ1v) is 11.6. The molecule has 7 nitrogen and oxygen atoms in total. The lowest BCUT2D eigenvalue weighted by atomic mass is 9.92. The summed E-state index contributed by atoms with van der Waals surface area (Å²) in [5, 5.41) is 29.1. The van der Waals surface area contributed by atoms with E-state index in [2.05, 4.69) is 16.3 Å². The number of benzene rings is 1. The number of aliphatic hydroxyl groups is 1. The van der Waals surface area contributed by atoms with E-state index in [0.29, 0.717) is 21.7 Å². The zero-order valence-electron chi connectivity index (χ0n) is 18.1. The normalized spacial score (nSPS) is 18.5. The second-order valence-electron chi connectivity index (χ2n) is 8.35. The van der Waals surface area contributed by atoms with Gasteiger partial charge in [0, 0.05) is 38.5 Å². The van der Waals surface area contributed by atoms with E-state index in [1.54, 1.807) is 10.6 Å². The fourth-order valence-corrected chi connectivity index (χ4v) is 5.58. The molecule has 0 spiro atoms. The van der Waals surface area contributed by atoms with E-state index in [1.807, 2.05) is 30.1 Å². The third kappa shape index (κ3) is 3.86. The van der Waals surface area contributed by atoms with Crippen molar-refractivity contribution in [3.8, 4) is 17.2 Å². The average molecular weight is 463 g/mol. The van der Waals surface area contributed by atoms with Crippen LogP contribution in [-0.4, -0.2) is 30.6 Å². The number of pyridine rings is 1. The molecule has 4 aromatic rings. The Hall–Kier alpha value is -3.35. The minimum absolute atomic E-state index is 0.0287. The molecule has 0 aliphatic heterocycles. The van der Waals surface area contributed by atoms with Gasteiger partial charge in [-0.2, -0.15) is 15.5 Å². The smallest absolute Gasteiger partial charge is 0.125 e. The maximum atomic E-state index is 13.5. The van der Waals surface area contributed by atoms with Gasteiger partial charge in [0.2, 0.25) is 0 Å². The summed E-state index contributed by atoms with van der Waals surface area (Å²) in [6.45, 7) is 2.00. The second kappa shape index (κ2) is 8.54. The van der Waals surface area contributed by atoms with Crippen molar-refractivity contribution in [2.45, 2.75) is 54.5 Å². The summed E-state index contributed by atoms with van der Waals surface area (Å²) in [5.74, 6) is -0.397. The third-order valence-corrected chi connectivity index (χ3v) is 7.38. The summed E-state index contributed by atoms with van der Waals surface area (Å²) >= 11 is 1.37. The summed E-state index contributed by atoms with van der Waals surface area (Å²) in [7, 11) is 0. The number of nitrogens with two attached hydrogens (primary N) is 1. The average Bonchev–Trinajstić information content (AvgIpc) is 3.39. The van der Waals surface area contributed by atoms with Gasteiger partial charge < -0.3 is 10.8 Å². The predicted molar refractivity (Wildman–Crippen MR) is 124 cm³/mol. The number of nitrogens with zero attached hydrogens (tertiary/aromatic N) is 5. The van der Waals surface area contributed by atoms with Crippen molar-refractivity contribution in [2.75, 3.05) is 5.73 Å². The van der Waals surface area contributed by atoms with Crippen LogP contribution in [0.25, 0.3) is 16.6 Å². The minimum Gasteiger partial charge on any atom is -0.398 e. The fraction of sp³-hybridized carbons (Fsp3) is 0.292. The monoisotopic (exact) mass is 462 g/mol. The van der Waals surface area contributed by atoms with E-state index in [-0.39, 0.29) is 6.04 Å². The number of halogens is 1. The zero-order valence-corrected chi connectivity index (χ0v) is 18.9. The maximum Gasteiger partial charge on any atom is 0.125 e. The van der Waals surface area contributed by atoms with Gasteiger partial charge in [-0.05, 0) is 44.0 Å². The molecule has 0 radical (unpaired) electrons. The topological polar surface area (TPSA) is 105 Å². The highest BCUT2D eigenvalue weighted by atomic mass is 32.2. The molecule has 0 bridgehead atoms. The molecule has 3 N–H and O–H groups in total. The molecule has 2 atom stereocenters. The van der Waals surface area contributed by atoms with Crippen LogP contribution in [0.4, 0.5) is 10.1 Å². The molecule has 5 rings (SSSR count). The third-order valence-electron chi connectivity index (χ3n) is 6.25. The van der Waals surface area contributed by atoms with E-state index >= 15 is 0 Å². The summed E-state index contributed by atoms with van der Waals surface area (Å²) in [6.07, 6.45) is 8.62. The van der Waals surface area contributed by atoms with Gasteiger partial charge in [0.05, 0.1) is 35.6 Å². The van der Waals surface area contributed by atoms with Gasteiger partial charge in [-0.3, -0.25) is 4.68 Å². The van der Waals surface area contributed by atoms with Crippen molar-refractivity contribution in [3.63, 3.8) is 0 Å². The van der Waals surface area contributed by atoms with Crippen LogP contribution in [0.3, 0.4) is 0 Å². The lowest BCUT2D eigenvalue weighted by Gasteiger charge is -2.28. The maximum absolute atomic E-state index is 13.5. The molecule has 0 amide bonds. The van der Waals surface area contributed by atoms with E-state index in [1.165, 1.54) is 30.1 Å². The predicted octanol–water partition coefficient (Wildman–Crippen LogP) is 4.73. The lowest BCUT2D eigenvalue weighted by Crippen LogP contribution is -2.28. The van der Waals surface area contributed by atoms with Crippen LogP contribution in [0.2, 0.25) is 0 Å². The van der Waals surface area contributed by atoms with Gasteiger partial charge >= 0.3 is 0 Å². The Morgan fingerprint density at radius 1 is 1.18 bits per heavy atom. The number of fused-ring (bicyclic) bond motifs is 1. The molecule has 3 heterocycles. The molecule has 1 fully saturated rings. The van der Waals surface area contributed by atoms with Gasteiger partial charge in [0.15, 0.2) is 0 Å². The van der Waals surface area contributed by atoms with Crippen LogP contribution in [0.1, 0.15) is 43.0 Å². The standard InChI is InChI=1S/C24H23FN6OS/c1-14-18(12-29-31(14)20-4-2-3-5-21(20)32)15-8-23(24-16(10-26)11-28-30(24)13-15)33-22-7-6-17(25)9-19(22)27/h6-9,11-13,20-21,32H,2-5,27H2,1H3/t20-,21-/m0/s1. The Labute approximate surface area is 194 Å². The molecule has 33 heavy (non-hydrogen) atoms. The number of rotatable bonds is 4. The molecule has 9 heteroatoms. The molecule has 0 saturated heterocycles. The Kier molecular flexibility index (Phi) is 5.56. The molecule has 3 aromatic heterocycles. The van der Waals surface area contributed by atoms with Crippen molar-refractivity contribution in [1.82, 2.24) is 19.4 Å². The Morgan fingerprint density at radius 3 is 2.76 bits per heavy atom. The fourth-order valence-electron chi connectivity index (χ4n) is 4.54. The number of anilines is 1. The summed E-state index contributed by atoms with van der Waals surface area (Å²) in [4.78, 5) is 1.47. The van der Waals surface area contributed by atoms with E-state index in [9.17, 15) is 14.8 Å². The van der Waals surface area contributed by atoms with Crippen molar-refractivity contribution in [1.29, 1.82) is 5.26 Å². The van der Waals surface area contributed by atoms with E-state index in [4.69, 9.17) is 5.73 Å². The molecular formula is C24H23FN6OS. The summed E-state index contributed by atoms with van der Waals surface area (Å²) < 4.78 is 17.2. The van der Waals surface area contributed by atoms with Crippen molar-refractivity contribution < 1.29 is 9.50 Å². The Bertz CT molecular complexity index is 1390. The van der Waals surface area contributed by atoms with E-state index < -0.39 is 11.9 Å². The second-order valence-corrected chi connectivity index (χ2v) is 9.43. The number of nitriles is 1. The Morgan fingerprint density at radius 2 is 2.00 bits per heavy atom. The number of aromatic nitrogens is 4. The first-order valence-electron chi connectivity index (χ1n) is 10.8. The number of hydrogen-bond acceptors (Lipinski definition) is 6. The summed E-state index contributed by atoms with van der Waals surface area (Å²) in [5.41, 5.74) is 10.3. The van der Waals surface area contributed by atoms with Crippen LogP contribution < -0.4 is 5.73 Å². The molecule has 1 aliphatic rings. The molecular weight excluding hydrogens is 439 g/mol. The highest BCUT2D eigenvalue weighted by molar-refractivity contribution is 7.99. The van der Waals surface area contributed by atoms with Crippen LogP contribution >= 0.6 is 11.8 Å². The van der Waals surface area contributed by atoms with Crippen molar-refractivity contribution in [2.24, 2.45) is 0 Å². The lowest BCUT2D eigenvalue weighted by molar-refractivity contribution is 0.0684. The van der Waals surface area contributed by atoms with Gasteiger partial charge in [0.1, 0.15) is 11.9 Å². The SMILES string of the molecule is Cc1c(-c2cc(Sc3ccc(F)cc3N)c3c(C#N)cnn3c2)cnn1[C@H]1CCCC[C@@H]1O. The molecule has 168 valence electrons. The molecule has 1 saturated carbocycles. The molecule has 0 unspecified atom stereocenters. The molecule has 1 aromatic carbocycles. The van der Waals surface area contributed by atoms with Gasteiger partial charge in [-0.25, -0.2) is 8.91 Å². The molecule has 1 aliphatic carbocycles. The van der Waals surface area contributed by atoms with Crippen LogP contribution in [0.5, 0.6) is 0 Å². The van der Waals surface area contributed by atoms with Gasteiger partial charge in [-0.1, -0.05) is 24.6 Å². The number of nitrogen functional groups attached to an aromatic ring is 1. The largest absolute Gasteiger partial charge is 0.398 e. The first kappa shape index (κ1) is 21.5. The zero-order chi connectivity index (χ0) is 23.1. The van der Waals surface area contributed by atoms with Crippen LogP contribution in [0.15, 0.2) is 52.6 Å². The Balaban J connectivity index is 1.61. The van der Waals surface area contributed by atoms with Crippen molar-refractivity contribution in [3.05, 3.63) is 59.9 Å². The first-order chi connectivity index (χ1) is 16.0. The minimum atomic E-state index is -0.399.